The summed E-state index contributed by atoms with van der Waals surface area (Å²) in [5, 5.41) is 12.8. The summed E-state index contributed by atoms with van der Waals surface area (Å²) in [5.41, 5.74) is 5.48. The molecule has 0 aliphatic carbocycles. The quantitative estimate of drug-likeness (QED) is 0.737. The van der Waals surface area contributed by atoms with Crippen LogP contribution in [0.2, 0.25) is 0 Å². The van der Waals surface area contributed by atoms with Gasteiger partial charge in [0.2, 0.25) is 5.91 Å². The highest BCUT2D eigenvalue weighted by molar-refractivity contribution is 5.82. The minimum absolute atomic E-state index is 0.0112. The van der Waals surface area contributed by atoms with E-state index in [0.29, 0.717) is 6.42 Å². The number of hydrogen-bond acceptors (Lipinski definition) is 2. The molecule has 1 aliphatic heterocycles. The van der Waals surface area contributed by atoms with Crippen LogP contribution >= 0.6 is 0 Å². The summed E-state index contributed by atoms with van der Waals surface area (Å²) in [6.45, 7) is 0.753. The van der Waals surface area contributed by atoms with Crippen LogP contribution < -0.4 is 5.32 Å². The summed E-state index contributed by atoms with van der Waals surface area (Å²) in [6.07, 6.45) is 1.57. The molecule has 3 aromatic rings. The van der Waals surface area contributed by atoms with Crippen molar-refractivity contribution < 1.29 is 9.90 Å². The topological polar surface area (TPSA) is 49.3 Å². The molecule has 1 amide bonds. The first-order chi connectivity index (χ1) is 12.7. The number of carbonyl (C=O) groups is 1. The van der Waals surface area contributed by atoms with Crippen molar-refractivity contribution in [2.24, 2.45) is 5.92 Å². The summed E-state index contributed by atoms with van der Waals surface area (Å²) >= 11 is 0. The third-order valence-electron chi connectivity index (χ3n) is 5.00. The molecule has 1 unspecified atom stereocenters. The molecule has 0 aromatic heterocycles. The molecule has 1 aliphatic rings. The minimum atomic E-state index is 0.0112. The Morgan fingerprint density at radius 1 is 0.885 bits per heavy atom. The zero-order valence-corrected chi connectivity index (χ0v) is 14.5. The second kappa shape index (κ2) is 7.04. The Bertz CT molecular complexity index is 934. The number of amides is 1. The van der Waals surface area contributed by atoms with E-state index in [1.165, 1.54) is 0 Å². The molecule has 0 bridgehead atoms. The van der Waals surface area contributed by atoms with Crippen LogP contribution in [0.15, 0.2) is 72.8 Å². The van der Waals surface area contributed by atoms with Crippen molar-refractivity contribution in [1.82, 2.24) is 5.32 Å². The van der Waals surface area contributed by atoms with Gasteiger partial charge in [0.05, 0.1) is 0 Å². The fourth-order valence-corrected chi connectivity index (χ4v) is 3.63. The van der Waals surface area contributed by atoms with Crippen LogP contribution in [0.25, 0.3) is 22.3 Å². The SMILES string of the molecule is O=C1NCCC1Cc1cc(-c2ccccc2)ccc1-c1cccc(O)c1. The zero-order chi connectivity index (χ0) is 17.9. The van der Waals surface area contributed by atoms with Gasteiger partial charge in [-0.05, 0) is 52.8 Å². The highest BCUT2D eigenvalue weighted by atomic mass is 16.3. The first kappa shape index (κ1) is 16.4. The largest absolute Gasteiger partial charge is 0.508 e. The molecule has 0 saturated carbocycles. The van der Waals surface area contributed by atoms with Gasteiger partial charge in [-0.1, -0.05) is 60.7 Å². The van der Waals surface area contributed by atoms with Gasteiger partial charge in [0.15, 0.2) is 0 Å². The molecular weight excluding hydrogens is 322 g/mol. The lowest BCUT2D eigenvalue weighted by molar-refractivity contribution is -0.122. The van der Waals surface area contributed by atoms with Crippen LogP contribution in [0, 0.1) is 5.92 Å². The van der Waals surface area contributed by atoms with E-state index in [0.717, 1.165) is 40.8 Å². The Morgan fingerprint density at radius 2 is 1.69 bits per heavy atom. The number of aromatic hydroxyl groups is 1. The number of nitrogens with one attached hydrogen (secondary N) is 1. The van der Waals surface area contributed by atoms with Crippen LogP contribution in [0.3, 0.4) is 0 Å². The van der Waals surface area contributed by atoms with Gasteiger partial charge in [0.1, 0.15) is 5.75 Å². The zero-order valence-electron chi connectivity index (χ0n) is 14.5. The van der Waals surface area contributed by atoms with E-state index in [-0.39, 0.29) is 17.6 Å². The van der Waals surface area contributed by atoms with Crippen molar-refractivity contribution in [2.45, 2.75) is 12.8 Å². The predicted molar refractivity (Wildman–Crippen MR) is 104 cm³/mol. The van der Waals surface area contributed by atoms with E-state index >= 15 is 0 Å². The smallest absolute Gasteiger partial charge is 0.223 e. The van der Waals surface area contributed by atoms with Gasteiger partial charge in [-0.3, -0.25) is 4.79 Å². The van der Waals surface area contributed by atoms with Crippen LogP contribution in [0.1, 0.15) is 12.0 Å². The van der Waals surface area contributed by atoms with Gasteiger partial charge in [-0.15, -0.1) is 0 Å². The fourth-order valence-electron chi connectivity index (χ4n) is 3.63. The van der Waals surface area contributed by atoms with Crippen LogP contribution in [0.4, 0.5) is 0 Å². The van der Waals surface area contributed by atoms with E-state index in [1.807, 2.05) is 30.3 Å². The van der Waals surface area contributed by atoms with Crippen LogP contribution in [0.5, 0.6) is 5.75 Å². The van der Waals surface area contributed by atoms with Crippen LogP contribution in [-0.2, 0) is 11.2 Å². The van der Waals surface area contributed by atoms with Gasteiger partial charge in [-0.2, -0.15) is 0 Å². The number of phenolic OH excluding ortho intramolecular Hbond substituents is 1. The molecule has 1 saturated heterocycles. The van der Waals surface area contributed by atoms with E-state index in [9.17, 15) is 9.90 Å². The Labute approximate surface area is 153 Å². The molecule has 1 heterocycles. The molecule has 3 aromatic carbocycles. The molecule has 2 N–H and O–H groups in total. The van der Waals surface area contributed by atoms with Crippen molar-refractivity contribution >= 4 is 5.91 Å². The standard InChI is InChI=1S/C23H21NO2/c25-21-8-4-7-18(15-21)22-10-9-17(16-5-2-1-3-6-16)13-20(22)14-19-11-12-24-23(19)26/h1-10,13,15,19,25H,11-12,14H2,(H,24,26). The molecule has 0 radical (unpaired) electrons. The molecular formula is C23H21NO2. The predicted octanol–water partition coefficient (Wildman–Crippen LogP) is 4.40. The summed E-state index contributed by atoms with van der Waals surface area (Å²) in [7, 11) is 0. The molecule has 26 heavy (non-hydrogen) atoms. The third-order valence-corrected chi connectivity index (χ3v) is 5.00. The lowest BCUT2D eigenvalue weighted by Gasteiger charge is -2.15. The van der Waals surface area contributed by atoms with Crippen molar-refractivity contribution in [3.63, 3.8) is 0 Å². The summed E-state index contributed by atoms with van der Waals surface area (Å²) < 4.78 is 0. The molecule has 3 heteroatoms. The first-order valence-electron chi connectivity index (χ1n) is 8.96. The van der Waals surface area contributed by atoms with Crippen molar-refractivity contribution in [2.75, 3.05) is 6.54 Å². The van der Waals surface area contributed by atoms with Gasteiger partial charge >= 0.3 is 0 Å². The highest BCUT2D eigenvalue weighted by Gasteiger charge is 2.25. The number of hydrogen-bond donors (Lipinski definition) is 2. The number of carbonyl (C=O) groups excluding carboxylic acids is 1. The Kier molecular flexibility index (Phi) is 4.44. The fraction of sp³-hybridized carbons (Fsp3) is 0.174. The van der Waals surface area contributed by atoms with Gasteiger partial charge in [0.25, 0.3) is 0 Å². The molecule has 0 spiro atoms. The third kappa shape index (κ3) is 3.33. The normalized spacial score (nSPS) is 16.5. The lowest BCUT2D eigenvalue weighted by atomic mass is 9.89. The number of rotatable bonds is 4. The minimum Gasteiger partial charge on any atom is -0.508 e. The van der Waals surface area contributed by atoms with E-state index in [1.54, 1.807) is 12.1 Å². The summed E-state index contributed by atoms with van der Waals surface area (Å²) in [5.74, 6) is 0.397. The maximum atomic E-state index is 12.1. The Balaban J connectivity index is 1.78. The second-order valence-corrected chi connectivity index (χ2v) is 6.77. The summed E-state index contributed by atoms with van der Waals surface area (Å²) in [4.78, 5) is 12.1. The van der Waals surface area contributed by atoms with Gasteiger partial charge < -0.3 is 10.4 Å². The van der Waals surface area contributed by atoms with Gasteiger partial charge in [0, 0.05) is 12.5 Å². The molecule has 1 atom stereocenters. The first-order valence-corrected chi connectivity index (χ1v) is 8.96. The maximum absolute atomic E-state index is 12.1. The van der Waals surface area contributed by atoms with Crippen molar-refractivity contribution in [3.8, 4) is 28.0 Å². The molecule has 130 valence electrons. The van der Waals surface area contributed by atoms with E-state index in [4.69, 9.17) is 0 Å². The summed E-state index contributed by atoms with van der Waals surface area (Å²) in [6, 6.07) is 23.9. The molecule has 3 nitrogen and oxygen atoms in total. The second-order valence-electron chi connectivity index (χ2n) is 6.77. The van der Waals surface area contributed by atoms with E-state index in [2.05, 4.69) is 35.6 Å². The number of benzene rings is 3. The number of phenols is 1. The average Bonchev–Trinajstić information content (AvgIpc) is 3.07. The van der Waals surface area contributed by atoms with E-state index < -0.39 is 0 Å². The van der Waals surface area contributed by atoms with Gasteiger partial charge in [-0.25, -0.2) is 0 Å². The average molecular weight is 343 g/mol. The molecule has 1 fully saturated rings. The van der Waals surface area contributed by atoms with Crippen molar-refractivity contribution in [1.29, 1.82) is 0 Å². The highest BCUT2D eigenvalue weighted by Crippen LogP contribution is 2.33. The van der Waals surface area contributed by atoms with Crippen LogP contribution in [-0.4, -0.2) is 17.6 Å². The monoisotopic (exact) mass is 343 g/mol. The Hall–Kier alpha value is -3.07. The lowest BCUT2D eigenvalue weighted by Crippen LogP contribution is -2.20. The Morgan fingerprint density at radius 3 is 2.42 bits per heavy atom. The van der Waals surface area contributed by atoms with Crippen molar-refractivity contribution in [3.05, 3.63) is 78.4 Å². The maximum Gasteiger partial charge on any atom is 0.223 e. The molecule has 4 rings (SSSR count).